The number of nitrogens with one attached hydrogen (secondary N) is 1. The van der Waals surface area contributed by atoms with E-state index in [-0.39, 0.29) is 11.3 Å². The summed E-state index contributed by atoms with van der Waals surface area (Å²) in [5, 5.41) is 3.65. The third kappa shape index (κ3) is 2.46. The van der Waals surface area contributed by atoms with E-state index in [1.54, 1.807) is 12.3 Å². The van der Waals surface area contributed by atoms with Gasteiger partial charge in [0.25, 0.3) is 0 Å². The van der Waals surface area contributed by atoms with Crippen LogP contribution in [0.1, 0.15) is 44.1 Å². The van der Waals surface area contributed by atoms with Gasteiger partial charge in [-0.2, -0.15) is 0 Å². The van der Waals surface area contributed by atoms with E-state index in [0.29, 0.717) is 11.7 Å². The minimum Gasteiger partial charge on any atom is -0.351 e. The number of carbonyl (C=O) groups is 1. The maximum atomic E-state index is 12.8. The Labute approximate surface area is 130 Å². The van der Waals surface area contributed by atoms with E-state index >= 15 is 0 Å². The monoisotopic (exact) mass is 304 g/mol. The van der Waals surface area contributed by atoms with Gasteiger partial charge in [0.05, 0.1) is 0 Å². The molecule has 3 nitrogen and oxygen atoms in total. The maximum Gasteiger partial charge on any atom is 0.226 e. The van der Waals surface area contributed by atoms with E-state index in [1.807, 2.05) is 6.07 Å². The summed E-state index contributed by atoms with van der Waals surface area (Å²) in [4.78, 5) is 16.8. The minimum atomic E-state index is -0.0609. The number of amides is 1. The molecule has 4 saturated carbocycles. The molecule has 0 atom stereocenters. The summed E-state index contributed by atoms with van der Waals surface area (Å²) in [5.74, 6) is 2.69. The van der Waals surface area contributed by atoms with E-state index < -0.39 is 0 Å². The van der Waals surface area contributed by atoms with E-state index in [0.717, 1.165) is 42.6 Å². The number of hydrogen-bond acceptors (Lipinski definition) is 2. The van der Waals surface area contributed by atoms with Crippen molar-refractivity contribution in [3.05, 3.63) is 29.0 Å². The van der Waals surface area contributed by atoms with Crippen LogP contribution in [-0.4, -0.2) is 10.9 Å². The first-order chi connectivity index (χ1) is 10.1. The molecule has 1 amide bonds. The SMILES string of the molecule is O=C(NCc1ccc(Cl)nc1)C12CC3CC(CC(C3)C1)C2. The minimum absolute atomic E-state index is 0.0609. The third-order valence-corrected chi connectivity index (χ3v) is 5.99. The molecule has 0 saturated heterocycles. The van der Waals surface area contributed by atoms with E-state index in [1.165, 1.54) is 19.3 Å². The van der Waals surface area contributed by atoms with Crippen molar-refractivity contribution in [2.75, 3.05) is 0 Å². The highest BCUT2D eigenvalue weighted by Crippen LogP contribution is 2.60. The smallest absolute Gasteiger partial charge is 0.226 e. The van der Waals surface area contributed by atoms with E-state index in [9.17, 15) is 4.79 Å². The molecule has 112 valence electrons. The predicted octanol–water partition coefficient (Wildman–Crippen LogP) is 3.57. The van der Waals surface area contributed by atoms with Gasteiger partial charge in [0.15, 0.2) is 0 Å². The van der Waals surface area contributed by atoms with Crippen molar-refractivity contribution >= 4 is 17.5 Å². The van der Waals surface area contributed by atoms with Gasteiger partial charge in [-0.15, -0.1) is 0 Å². The zero-order valence-electron chi connectivity index (χ0n) is 12.1. The van der Waals surface area contributed by atoms with Crippen LogP contribution in [0.4, 0.5) is 0 Å². The van der Waals surface area contributed by atoms with Crippen molar-refractivity contribution in [3.8, 4) is 0 Å². The Balaban J connectivity index is 1.44. The Morgan fingerprint density at radius 2 is 1.81 bits per heavy atom. The summed E-state index contributed by atoms with van der Waals surface area (Å²) in [7, 11) is 0. The molecule has 4 bridgehead atoms. The molecule has 0 radical (unpaired) electrons. The van der Waals surface area contributed by atoms with Crippen LogP contribution in [0.5, 0.6) is 0 Å². The van der Waals surface area contributed by atoms with Gasteiger partial charge in [-0.05, 0) is 67.9 Å². The molecule has 4 fully saturated rings. The molecule has 1 aromatic heterocycles. The van der Waals surface area contributed by atoms with Gasteiger partial charge < -0.3 is 5.32 Å². The van der Waals surface area contributed by atoms with Crippen molar-refractivity contribution < 1.29 is 4.79 Å². The number of carbonyl (C=O) groups excluding carboxylic acids is 1. The standard InChI is InChI=1S/C17H21ClN2O/c18-15-2-1-11(9-19-15)10-20-16(21)17-6-12-3-13(7-17)5-14(4-12)8-17/h1-2,9,12-14H,3-8,10H2,(H,20,21). The van der Waals surface area contributed by atoms with Crippen LogP contribution in [0.15, 0.2) is 18.3 Å². The van der Waals surface area contributed by atoms with Crippen molar-refractivity contribution in [1.29, 1.82) is 0 Å². The fraction of sp³-hybridized carbons (Fsp3) is 0.647. The largest absolute Gasteiger partial charge is 0.351 e. The zero-order valence-corrected chi connectivity index (χ0v) is 12.9. The molecule has 4 aliphatic carbocycles. The van der Waals surface area contributed by atoms with Crippen LogP contribution in [0.2, 0.25) is 5.15 Å². The second kappa shape index (κ2) is 4.98. The van der Waals surface area contributed by atoms with Gasteiger partial charge in [-0.3, -0.25) is 4.79 Å². The lowest BCUT2D eigenvalue weighted by molar-refractivity contribution is -0.146. The Morgan fingerprint density at radius 3 is 2.33 bits per heavy atom. The highest BCUT2D eigenvalue weighted by Gasteiger charge is 2.54. The molecule has 1 heterocycles. The summed E-state index contributed by atoms with van der Waals surface area (Å²) < 4.78 is 0. The van der Waals surface area contributed by atoms with Crippen molar-refractivity contribution in [2.45, 2.75) is 45.1 Å². The molecule has 4 heteroatoms. The Morgan fingerprint density at radius 1 is 1.19 bits per heavy atom. The lowest BCUT2D eigenvalue weighted by atomic mass is 9.49. The molecular weight excluding hydrogens is 284 g/mol. The van der Waals surface area contributed by atoms with Crippen LogP contribution in [0.3, 0.4) is 0 Å². The highest BCUT2D eigenvalue weighted by molar-refractivity contribution is 6.29. The lowest BCUT2D eigenvalue weighted by Gasteiger charge is -2.55. The van der Waals surface area contributed by atoms with Crippen LogP contribution in [0, 0.1) is 23.2 Å². The zero-order chi connectivity index (χ0) is 14.4. The van der Waals surface area contributed by atoms with Crippen LogP contribution in [0.25, 0.3) is 0 Å². The second-order valence-corrected chi connectivity index (χ2v) is 7.76. The normalized spacial score (nSPS) is 36.7. The van der Waals surface area contributed by atoms with E-state index in [2.05, 4.69) is 10.3 Å². The maximum absolute atomic E-state index is 12.8. The number of hydrogen-bond donors (Lipinski definition) is 1. The molecule has 4 aliphatic rings. The quantitative estimate of drug-likeness (QED) is 0.868. The fourth-order valence-corrected chi connectivity index (χ4v) is 5.38. The van der Waals surface area contributed by atoms with Crippen LogP contribution < -0.4 is 5.32 Å². The number of nitrogens with zero attached hydrogens (tertiary/aromatic N) is 1. The van der Waals surface area contributed by atoms with Gasteiger partial charge in [0.2, 0.25) is 5.91 Å². The molecule has 1 aromatic rings. The van der Waals surface area contributed by atoms with Crippen molar-refractivity contribution in [2.24, 2.45) is 23.2 Å². The molecule has 0 aromatic carbocycles. The van der Waals surface area contributed by atoms with E-state index in [4.69, 9.17) is 11.6 Å². The molecular formula is C17H21ClN2O. The van der Waals surface area contributed by atoms with Crippen LogP contribution >= 0.6 is 11.6 Å². The molecule has 0 unspecified atom stereocenters. The summed E-state index contributed by atoms with van der Waals surface area (Å²) in [6, 6.07) is 3.70. The molecule has 5 rings (SSSR count). The second-order valence-electron chi connectivity index (χ2n) is 7.37. The topological polar surface area (TPSA) is 42.0 Å². The average molecular weight is 305 g/mol. The Kier molecular flexibility index (Phi) is 3.21. The van der Waals surface area contributed by atoms with Crippen molar-refractivity contribution in [3.63, 3.8) is 0 Å². The van der Waals surface area contributed by atoms with Crippen LogP contribution in [-0.2, 0) is 11.3 Å². The molecule has 1 N–H and O–H groups in total. The fourth-order valence-electron chi connectivity index (χ4n) is 5.27. The van der Waals surface area contributed by atoms with Gasteiger partial charge in [0.1, 0.15) is 5.15 Å². The van der Waals surface area contributed by atoms with Gasteiger partial charge in [-0.25, -0.2) is 4.98 Å². The van der Waals surface area contributed by atoms with Crippen molar-refractivity contribution in [1.82, 2.24) is 10.3 Å². The lowest BCUT2D eigenvalue weighted by Crippen LogP contribution is -2.53. The molecule has 0 aliphatic heterocycles. The first-order valence-electron chi connectivity index (χ1n) is 8.02. The molecule has 0 spiro atoms. The summed E-state index contributed by atoms with van der Waals surface area (Å²) in [6.45, 7) is 0.560. The first-order valence-corrected chi connectivity index (χ1v) is 8.39. The average Bonchev–Trinajstić information content (AvgIpc) is 2.45. The Bertz CT molecular complexity index is 519. The first kappa shape index (κ1) is 13.6. The highest BCUT2D eigenvalue weighted by atomic mass is 35.5. The number of halogens is 1. The van der Waals surface area contributed by atoms with Gasteiger partial charge in [0, 0.05) is 18.2 Å². The number of pyridine rings is 1. The summed E-state index contributed by atoms with van der Waals surface area (Å²) in [6.07, 6.45) is 9.19. The summed E-state index contributed by atoms with van der Waals surface area (Å²) in [5.41, 5.74) is 0.951. The molecule has 21 heavy (non-hydrogen) atoms. The predicted molar refractivity (Wildman–Crippen MR) is 81.7 cm³/mol. The Hall–Kier alpha value is -1.09. The number of rotatable bonds is 3. The summed E-state index contributed by atoms with van der Waals surface area (Å²) >= 11 is 5.79. The number of aromatic nitrogens is 1. The van der Waals surface area contributed by atoms with Gasteiger partial charge in [-0.1, -0.05) is 17.7 Å². The third-order valence-electron chi connectivity index (χ3n) is 5.76. The van der Waals surface area contributed by atoms with Gasteiger partial charge >= 0.3 is 0 Å².